The Morgan fingerprint density at radius 2 is 1.82 bits per heavy atom. The number of hydrogen-bond donors (Lipinski definition) is 2. The minimum Gasteiger partial charge on any atom is -0.478 e. The fraction of sp³-hybridized carbons (Fsp3) is 0.0476. The minimum atomic E-state index is -3.97. The van der Waals surface area contributed by atoms with Crippen LogP contribution in [0.25, 0.3) is 21.7 Å². The SMILES string of the molecule is C=CC(c1cccc2ccccc12)S(=O)(=O)c1n[nH]c2ccc(C(=O)O)cc12. The second kappa shape index (κ2) is 6.61. The Balaban J connectivity index is 1.94. The Labute approximate surface area is 161 Å². The number of fused-ring (bicyclic) bond motifs is 2. The number of carboxylic acids is 1. The molecule has 0 saturated heterocycles. The van der Waals surface area contributed by atoms with E-state index < -0.39 is 21.1 Å². The van der Waals surface area contributed by atoms with E-state index in [2.05, 4.69) is 16.8 Å². The van der Waals surface area contributed by atoms with E-state index in [-0.39, 0.29) is 16.0 Å². The molecule has 0 radical (unpaired) electrons. The molecule has 0 fully saturated rings. The fourth-order valence-electron chi connectivity index (χ4n) is 3.38. The molecule has 4 rings (SSSR count). The van der Waals surface area contributed by atoms with Crippen molar-refractivity contribution in [2.75, 3.05) is 0 Å². The van der Waals surface area contributed by atoms with Crippen molar-refractivity contribution in [3.8, 4) is 0 Å². The van der Waals surface area contributed by atoms with E-state index in [0.717, 1.165) is 10.8 Å². The van der Waals surface area contributed by atoms with Crippen LogP contribution in [0.15, 0.2) is 78.3 Å². The number of nitrogens with zero attached hydrogens (tertiary/aromatic N) is 1. The quantitative estimate of drug-likeness (QED) is 0.498. The van der Waals surface area contributed by atoms with Crippen LogP contribution >= 0.6 is 0 Å². The van der Waals surface area contributed by atoms with E-state index in [1.165, 1.54) is 24.3 Å². The zero-order chi connectivity index (χ0) is 19.9. The first-order chi connectivity index (χ1) is 13.4. The molecule has 0 aliphatic rings. The number of hydrogen-bond acceptors (Lipinski definition) is 4. The van der Waals surface area contributed by atoms with Gasteiger partial charge in [-0.1, -0.05) is 48.5 Å². The van der Waals surface area contributed by atoms with Gasteiger partial charge in [0.1, 0.15) is 5.25 Å². The number of benzene rings is 3. The van der Waals surface area contributed by atoms with E-state index in [1.54, 1.807) is 12.1 Å². The van der Waals surface area contributed by atoms with Crippen LogP contribution in [0.5, 0.6) is 0 Å². The van der Waals surface area contributed by atoms with E-state index in [1.807, 2.05) is 30.3 Å². The van der Waals surface area contributed by atoms with E-state index in [9.17, 15) is 18.3 Å². The third kappa shape index (κ3) is 2.76. The standard InChI is InChI=1S/C21H16N2O4S/c1-2-19(16-9-5-7-13-6-3-4-8-15(13)16)28(26,27)20-17-12-14(21(24)25)10-11-18(17)22-23-20/h2-12,19H,1H2,(H,22,23)(H,24,25). The zero-order valence-corrected chi connectivity index (χ0v) is 15.5. The predicted molar refractivity (Wildman–Crippen MR) is 107 cm³/mol. The summed E-state index contributed by atoms with van der Waals surface area (Å²) in [4.78, 5) is 11.3. The zero-order valence-electron chi connectivity index (χ0n) is 14.7. The Morgan fingerprint density at radius 1 is 1.07 bits per heavy atom. The third-order valence-electron chi connectivity index (χ3n) is 4.72. The van der Waals surface area contributed by atoms with Gasteiger partial charge in [-0.3, -0.25) is 5.10 Å². The van der Waals surface area contributed by atoms with Crippen LogP contribution in [-0.4, -0.2) is 29.7 Å². The Kier molecular flexibility index (Phi) is 4.24. The Hall–Kier alpha value is -3.45. The number of carbonyl (C=O) groups is 1. The largest absolute Gasteiger partial charge is 0.478 e. The van der Waals surface area contributed by atoms with E-state index in [0.29, 0.717) is 11.1 Å². The van der Waals surface area contributed by atoms with Crippen LogP contribution in [0.3, 0.4) is 0 Å². The van der Waals surface area contributed by atoms with Gasteiger partial charge in [-0.25, -0.2) is 13.2 Å². The highest BCUT2D eigenvalue weighted by Gasteiger charge is 2.32. The molecule has 1 unspecified atom stereocenters. The van der Waals surface area contributed by atoms with Crippen LogP contribution in [0.2, 0.25) is 0 Å². The molecule has 0 spiro atoms. The molecule has 0 aliphatic heterocycles. The lowest BCUT2D eigenvalue weighted by molar-refractivity contribution is 0.0697. The lowest BCUT2D eigenvalue weighted by Crippen LogP contribution is -2.13. The molecular weight excluding hydrogens is 376 g/mol. The summed E-state index contributed by atoms with van der Waals surface area (Å²) in [5, 5.41) is 16.6. The van der Waals surface area contributed by atoms with E-state index >= 15 is 0 Å². The summed E-state index contributed by atoms with van der Waals surface area (Å²) >= 11 is 0. The first-order valence-corrected chi connectivity index (χ1v) is 10.0. The average molecular weight is 392 g/mol. The molecule has 1 atom stereocenters. The van der Waals surface area contributed by atoms with Crippen LogP contribution < -0.4 is 0 Å². The molecule has 0 aliphatic carbocycles. The van der Waals surface area contributed by atoms with Crippen LogP contribution in [0.4, 0.5) is 0 Å². The summed E-state index contributed by atoms with van der Waals surface area (Å²) in [6, 6.07) is 17.2. The molecule has 1 aromatic heterocycles. The molecule has 3 aromatic carbocycles. The van der Waals surface area contributed by atoms with Gasteiger partial charge in [-0.05, 0) is 34.5 Å². The van der Waals surface area contributed by atoms with Gasteiger partial charge in [-0.15, -0.1) is 6.58 Å². The monoisotopic (exact) mass is 392 g/mol. The van der Waals surface area contributed by atoms with Crippen molar-refractivity contribution < 1.29 is 18.3 Å². The molecular formula is C21H16N2O4S. The van der Waals surface area contributed by atoms with Crippen molar-refractivity contribution in [1.29, 1.82) is 0 Å². The predicted octanol–water partition coefficient (Wildman–Crippen LogP) is 4.12. The number of nitrogens with one attached hydrogen (secondary N) is 1. The average Bonchev–Trinajstić information content (AvgIpc) is 3.12. The molecule has 0 saturated carbocycles. The van der Waals surface area contributed by atoms with Crippen molar-refractivity contribution in [2.24, 2.45) is 0 Å². The number of aromatic amines is 1. The number of H-pyrrole nitrogens is 1. The summed E-state index contributed by atoms with van der Waals surface area (Å²) in [5.41, 5.74) is 1.04. The second-order valence-electron chi connectivity index (χ2n) is 6.36. The molecule has 4 aromatic rings. The normalized spacial score (nSPS) is 12.9. The topological polar surface area (TPSA) is 100 Å². The maximum absolute atomic E-state index is 13.5. The lowest BCUT2D eigenvalue weighted by Gasteiger charge is -2.15. The second-order valence-corrected chi connectivity index (χ2v) is 8.35. The maximum atomic E-state index is 13.5. The van der Waals surface area contributed by atoms with Crippen molar-refractivity contribution in [1.82, 2.24) is 10.2 Å². The first-order valence-electron chi connectivity index (χ1n) is 8.49. The highest BCUT2D eigenvalue weighted by Crippen LogP contribution is 2.36. The molecule has 1 heterocycles. The van der Waals surface area contributed by atoms with Gasteiger partial charge in [0.15, 0.2) is 5.03 Å². The minimum absolute atomic E-state index is 0.00864. The highest BCUT2D eigenvalue weighted by atomic mass is 32.2. The summed E-state index contributed by atoms with van der Waals surface area (Å²) in [7, 11) is -3.97. The van der Waals surface area contributed by atoms with Gasteiger partial charge >= 0.3 is 5.97 Å². The van der Waals surface area contributed by atoms with Gasteiger partial charge in [-0.2, -0.15) is 5.10 Å². The van der Waals surface area contributed by atoms with Crippen molar-refractivity contribution in [3.05, 3.63) is 84.4 Å². The van der Waals surface area contributed by atoms with Crippen molar-refractivity contribution in [3.63, 3.8) is 0 Å². The van der Waals surface area contributed by atoms with Crippen LogP contribution in [0.1, 0.15) is 21.2 Å². The molecule has 2 N–H and O–H groups in total. The molecule has 0 amide bonds. The summed E-state index contributed by atoms with van der Waals surface area (Å²) < 4.78 is 26.9. The number of rotatable bonds is 5. The fourth-order valence-corrected chi connectivity index (χ4v) is 5.06. The number of sulfone groups is 1. The van der Waals surface area contributed by atoms with Gasteiger partial charge in [0.25, 0.3) is 0 Å². The van der Waals surface area contributed by atoms with E-state index in [4.69, 9.17) is 0 Å². The molecule has 0 bridgehead atoms. The van der Waals surface area contributed by atoms with Crippen LogP contribution in [0, 0.1) is 0 Å². The van der Waals surface area contributed by atoms with Gasteiger partial charge in [0, 0.05) is 5.39 Å². The molecule has 140 valence electrons. The third-order valence-corrected chi connectivity index (χ3v) is 6.69. The maximum Gasteiger partial charge on any atom is 0.335 e. The first kappa shape index (κ1) is 17.9. The van der Waals surface area contributed by atoms with Gasteiger partial charge in [0.2, 0.25) is 9.84 Å². The number of carboxylic acid groups (broad SMARTS) is 1. The Morgan fingerprint density at radius 3 is 2.57 bits per heavy atom. The lowest BCUT2D eigenvalue weighted by atomic mass is 10.0. The molecule has 7 heteroatoms. The summed E-state index contributed by atoms with van der Waals surface area (Å²) in [6.07, 6.45) is 1.37. The molecule has 6 nitrogen and oxygen atoms in total. The Bertz CT molecular complexity index is 1330. The van der Waals surface area contributed by atoms with Gasteiger partial charge in [0.05, 0.1) is 11.1 Å². The van der Waals surface area contributed by atoms with Crippen LogP contribution in [-0.2, 0) is 9.84 Å². The smallest absolute Gasteiger partial charge is 0.335 e. The summed E-state index contributed by atoms with van der Waals surface area (Å²) in [5.74, 6) is -1.14. The number of aromatic carboxylic acids is 1. The van der Waals surface area contributed by atoms with Gasteiger partial charge < -0.3 is 5.11 Å². The molecule has 28 heavy (non-hydrogen) atoms. The number of aromatic nitrogens is 2. The highest BCUT2D eigenvalue weighted by molar-refractivity contribution is 7.92. The van der Waals surface area contributed by atoms with Crippen molar-refractivity contribution in [2.45, 2.75) is 10.3 Å². The van der Waals surface area contributed by atoms with Crippen molar-refractivity contribution >= 4 is 37.5 Å². The summed E-state index contributed by atoms with van der Waals surface area (Å²) in [6.45, 7) is 3.73.